The zero-order valence-corrected chi connectivity index (χ0v) is 12.8. The third kappa shape index (κ3) is 3.40. The minimum Gasteiger partial charge on any atom is -0.362 e. The minimum absolute atomic E-state index is 0.107. The van der Waals surface area contributed by atoms with Crippen molar-refractivity contribution in [3.8, 4) is 11.1 Å². The van der Waals surface area contributed by atoms with Crippen LogP contribution in [0.15, 0.2) is 61.2 Å². The van der Waals surface area contributed by atoms with Gasteiger partial charge in [-0.3, -0.25) is 9.97 Å². The molecule has 3 aromatic rings. The van der Waals surface area contributed by atoms with E-state index in [2.05, 4.69) is 51.5 Å². The van der Waals surface area contributed by atoms with Gasteiger partial charge in [-0.15, -0.1) is 0 Å². The van der Waals surface area contributed by atoms with Crippen molar-refractivity contribution in [2.45, 2.75) is 13.0 Å². The van der Waals surface area contributed by atoms with Crippen molar-refractivity contribution in [2.75, 3.05) is 5.32 Å². The molecule has 1 aromatic carbocycles. The fourth-order valence-corrected chi connectivity index (χ4v) is 2.36. The highest BCUT2D eigenvalue weighted by Gasteiger charge is 2.07. The second-order valence-corrected chi connectivity index (χ2v) is 5.34. The summed E-state index contributed by atoms with van der Waals surface area (Å²) in [6, 6.07) is 12.5. The van der Waals surface area contributed by atoms with Gasteiger partial charge in [-0.25, -0.2) is 4.98 Å². The fourth-order valence-electron chi connectivity index (χ4n) is 2.21. The molecule has 0 saturated heterocycles. The summed E-state index contributed by atoms with van der Waals surface area (Å²) in [5.74, 6) is 0.663. The zero-order valence-electron chi connectivity index (χ0n) is 12.1. The maximum atomic E-state index is 5.84. The Kier molecular flexibility index (Phi) is 4.30. The molecule has 2 aromatic heterocycles. The smallest absolute Gasteiger partial charge is 0.149 e. The van der Waals surface area contributed by atoms with Crippen LogP contribution >= 0.6 is 11.6 Å². The number of anilines is 1. The van der Waals surface area contributed by atoms with Crippen LogP contribution in [-0.4, -0.2) is 15.0 Å². The summed E-state index contributed by atoms with van der Waals surface area (Å²) in [5, 5.41) is 3.67. The first-order valence-electron chi connectivity index (χ1n) is 6.97. The Balaban J connectivity index is 1.75. The SMILES string of the molecule is C[C@H](Nc1cncc(Cl)n1)c1ccc(-c2cccnc2)cc1. The molecule has 3 rings (SSSR count). The van der Waals surface area contributed by atoms with Gasteiger partial charge in [-0.2, -0.15) is 0 Å². The molecule has 2 heterocycles. The van der Waals surface area contributed by atoms with E-state index in [9.17, 15) is 0 Å². The Hall–Kier alpha value is -2.46. The molecule has 0 aliphatic carbocycles. The first kappa shape index (κ1) is 14.5. The molecular formula is C17H15ClN4. The standard InChI is InChI=1S/C17H15ClN4/c1-12(21-17-11-20-10-16(18)22-17)13-4-6-14(7-5-13)15-3-2-8-19-9-15/h2-12H,1H3,(H,21,22)/t12-/m0/s1. The van der Waals surface area contributed by atoms with Gasteiger partial charge < -0.3 is 5.32 Å². The predicted molar refractivity (Wildman–Crippen MR) is 88.8 cm³/mol. The maximum Gasteiger partial charge on any atom is 0.149 e. The van der Waals surface area contributed by atoms with Crippen molar-refractivity contribution < 1.29 is 0 Å². The van der Waals surface area contributed by atoms with Crippen LogP contribution < -0.4 is 5.32 Å². The average molecular weight is 311 g/mol. The van der Waals surface area contributed by atoms with Crippen molar-refractivity contribution in [1.82, 2.24) is 15.0 Å². The van der Waals surface area contributed by atoms with E-state index >= 15 is 0 Å². The molecule has 0 aliphatic heterocycles. The van der Waals surface area contributed by atoms with Crippen LogP contribution in [0.3, 0.4) is 0 Å². The number of pyridine rings is 1. The molecule has 4 nitrogen and oxygen atoms in total. The quantitative estimate of drug-likeness (QED) is 0.777. The molecule has 110 valence electrons. The van der Waals surface area contributed by atoms with Crippen LogP contribution in [0, 0.1) is 0 Å². The fraction of sp³-hybridized carbons (Fsp3) is 0.118. The lowest BCUT2D eigenvalue weighted by Gasteiger charge is -2.15. The molecule has 0 bridgehead atoms. The topological polar surface area (TPSA) is 50.7 Å². The number of rotatable bonds is 4. The van der Waals surface area contributed by atoms with Gasteiger partial charge in [0.1, 0.15) is 11.0 Å². The molecule has 0 fully saturated rings. The summed E-state index contributed by atoms with van der Waals surface area (Å²) >= 11 is 5.84. The second-order valence-electron chi connectivity index (χ2n) is 4.96. The van der Waals surface area contributed by atoms with E-state index in [4.69, 9.17) is 11.6 Å². The number of hydrogen-bond acceptors (Lipinski definition) is 4. The molecule has 0 spiro atoms. The molecule has 1 atom stereocenters. The van der Waals surface area contributed by atoms with Gasteiger partial charge in [0, 0.05) is 18.4 Å². The predicted octanol–water partition coefficient (Wildman–Crippen LogP) is 4.37. The van der Waals surface area contributed by atoms with Crippen molar-refractivity contribution in [3.63, 3.8) is 0 Å². The van der Waals surface area contributed by atoms with E-state index in [-0.39, 0.29) is 6.04 Å². The highest BCUT2D eigenvalue weighted by atomic mass is 35.5. The summed E-state index contributed by atoms with van der Waals surface area (Å²) in [4.78, 5) is 12.4. The van der Waals surface area contributed by atoms with E-state index in [0.717, 1.165) is 16.7 Å². The van der Waals surface area contributed by atoms with Crippen LogP contribution in [0.25, 0.3) is 11.1 Å². The summed E-state index contributed by atoms with van der Waals surface area (Å²) < 4.78 is 0. The Morgan fingerprint density at radius 2 is 1.77 bits per heavy atom. The van der Waals surface area contributed by atoms with E-state index in [0.29, 0.717) is 11.0 Å². The van der Waals surface area contributed by atoms with E-state index in [1.54, 1.807) is 12.4 Å². The number of halogens is 1. The van der Waals surface area contributed by atoms with Gasteiger partial charge in [-0.1, -0.05) is 41.9 Å². The minimum atomic E-state index is 0.107. The van der Waals surface area contributed by atoms with Crippen molar-refractivity contribution in [1.29, 1.82) is 0 Å². The number of nitrogens with one attached hydrogen (secondary N) is 1. The molecule has 22 heavy (non-hydrogen) atoms. The maximum absolute atomic E-state index is 5.84. The molecule has 0 unspecified atom stereocenters. The highest BCUT2D eigenvalue weighted by molar-refractivity contribution is 6.29. The van der Waals surface area contributed by atoms with E-state index in [1.165, 1.54) is 6.20 Å². The number of hydrogen-bond donors (Lipinski definition) is 1. The molecule has 0 radical (unpaired) electrons. The second kappa shape index (κ2) is 6.54. The van der Waals surface area contributed by atoms with Crippen LogP contribution in [0.2, 0.25) is 5.15 Å². The summed E-state index contributed by atoms with van der Waals surface area (Å²) in [5.41, 5.74) is 3.41. The zero-order chi connectivity index (χ0) is 15.4. The number of aromatic nitrogens is 3. The molecule has 0 aliphatic rings. The number of benzene rings is 1. The third-order valence-electron chi connectivity index (χ3n) is 3.38. The van der Waals surface area contributed by atoms with Crippen molar-refractivity contribution >= 4 is 17.4 Å². The third-order valence-corrected chi connectivity index (χ3v) is 3.56. The lowest BCUT2D eigenvalue weighted by Crippen LogP contribution is -2.08. The van der Waals surface area contributed by atoms with Crippen LogP contribution in [0.4, 0.5) is 5.82 Å². The van der Waals surface area contributed by atoms with Gasteiger partial charge in [-0.05, 0) is 29.7 Å². The largest absolute Gasteiger partial charge is 0.362 e. The van der Waals surface area contributed by atoms with Crippen molar-refractivity contribution in [2.24, 2.45) is 0 Å². The van der Waals surface area contributed by atoms with Gasteiger partial charge in [0.25, 0.3) is 0 Å². The van der Waals surface area contributed by atoms with Gasteiger partial charge in [0.2, 0.25) is 0 Å². The lowest BCUT2D eigenvalue weighted by molar-refractivity contribution is 0.871. The van der Waals surface area contributed by atoms with Crippen LogP contribution in [-0.2, 0) is 0 Å². The van der Waals surface area contributed by atoms with Gasteiger partial charge >= 0.3 is 0 Å². The molecular weight excluding hydrogens is 296 g/mol. The molecule has 0 amide bonds. The Bertz CT molecular complexity index is 744. The first-order chi connectivity index (χ1) is 10.7. The summed E-state index contributed by atoms with van der Waals surface area (Å²) in [6.07, 6.45) is 6.81. The van der Waals surface area contributed by atoms with Gasteiger partial charge in [0.05, 0.1) is 12.4 Å². The highest BCUT2D eigenvalue weighted by Crippen LogP contribution is 2.23. The monoisotopic (exact) mass is 310 g/mol. The average Bonchev–Trinajstić information content (AvgIpc) is 2.56. The number of nitrogens with zero attached hydrogens (tertiary/aromatic N) is 3. The van der Waals surface area contributed by atoms with Gasteiger partial charge in [0.15, 0.2) is 0 Å². The van der Waals surface area contributed by atoms with E-state index in [1.807, 2.05) is 18.3 Å². The van der Waals surface area contributed by atoms with Crippen LogP contribution in [0.5, 0.6) is 0 Å². The molecule has 1 N–H and O–H groups in total. The Morgan fingerprint density at radius 1 is 0.955 bits per heavy atom. The molecule has 0 saturated carbocycles. The Morgan fingerprint density at radius 3 is 2.45 bits per heavy atom. The first-order valence-corrected chi connectivity index (χ1v) is 7.34. The van der Waals surface area contributed by atoms with Crippen molar-refractivity contribution in [3.05, 3.63) is 71.9 Å². The normalized spacial score (nSPS) is 11.9. The lowest BCUT2D eigenvalue weighted by atomic mass is 10.0. The molecule has 5 heteroatoms. The summed E-state index contributed by atoms with van der Waals surface area (Å²) in [6.45, 7) is 2.07. The summed E-state index contributed by atoms with van der Waals surface area (Å²) in [7, 11) is 0. The van der Waals surface area contributed by atoms with Crippen LogP contribution in [0.1, 0.15) is 18.5 Å². The Labute approximate surface area is 134 Å². The van der Waals surface area contributed by atoms with E-state index < -0.39 is 0 Å².